The molecule has 4 nitrogen and oxygen atoms in total. The third-order valence-corrected chi connectivity index (χ3v) is 7.02. The van der Waals surface area contributed by atoms with Crippen molar-refractivity contribution in [3.8, 4) is 0 Å². The van der Waals surface area contributed by atoms with Crippen LogP contribution in [0.3, 0.4) is 0 Å². The quantitative estimate of drug-likeness (QED) is 0.900. The number of rotatable bonds is 3. The van der Waals surface area contributed by atoms with Gasteiger partial charge < -0.3 is 16.0 Å². The number of pyridine rings is 1. The predicted octanol–water partition coefficient (Wildman–Crippen LogP) is 3.10. The van der Waals surface area contributed by atoms with Crippen molar-refractivity contribution in [2.45, 2.75) is 52.1 Å². The fourth-order valence-electron chi connectivity index (χ4n) is 5.25. The van der Waals surface area contributed by atoms with Gasteiger partial charge in [-0.05, 0) is 48.5 Å². The molecule has 4 fully saturated rings. The summed E-state index contributed by atoms with van der Waals surface area (Å²) in [6.45, 7) is 9.34. The van der Waals surface area contributed by atoms with Gasteiger partial charge in [0.2, 0.25) is 0 Å². The molecule has 5 atom stereocenters. The number of hydrogen-bond acceptors (Lipinski definition) is 4. The van der Waals surface area contributed by atoms with E-state index in [0.29, 0.717) is 17.5 Å². The van der Waals surface area contributed by atoms with Gasteiger partial charge in [-0.25, -0.2) is 4.98 Å². The Morgan fingerprint density at radius 2 is 2.17 bits per heavy atom. The number of aromatic nitrogens is 1. The molecule has 3 saturated carbocycles. The van der Waals surface area contributed by atoms with Crippen molar-refractivity contribution < 1.29 is 0 Å². The van der Waals surface area contributed by atoms with E-state index in [4.69, 9.17) is 5.73 Å². The number of nitrogens with two attached hydrogens (primary N) is 1. The van der Waals surface area contributed by atoms with E-state index >= 15 is 0 Å². The molecule has 23 heavy (non-hydrogen) atoms. The fourth-order valence-corrected chi connectivity index (χ4v) is 5.25. The van der Waals surface area contributed by atoms with Gasteiger partial charge in [0.1, 0.15) is 5.82 Å². The number of nitrogens with one attached hydrogen (secondary N) is 1. The predicted molar refractivity (Wildman–Crippen MR) is 95.6 cm³/mol. The summed E-state index contributed by atoms with van der Waals surface area (Å²) in [6.07, 6.45) is 5.72. The second-order valence-corrected chi connectivity index (χ2v) is 8.60. The standard InChI is InChI=1S/C19H30N4/c1-12-16-8-13(19(16,2)3)9-17(12)22-18-10-15(4-6-21-18)23-7-5-14(20)11-23/h4,6,10,12-14,16-17H,5,7-9,11,20H2,1-3H3,(H,21,22)/t12?,13-,14+,16?,17?/m1/s1. The maximum Gasteiger partial charge on any atom is 0.128 e. The van der Waals surface area contributed by atoms with Crippen LogP contribution >= 0.6 is 0 Å². The molecule has 1 aromatic heterocycles. The maximum absolute atomic E-state index is 6.04. The highest BCUT2D eigenvalue weighted by Gasteiger charge is 2.56. The highest BCUT2D eigenvalue weighted by atomic mass is 15.2. The van der Waals surface area contributed by atoms with Crippen molar-refractivity contribution in [2.75, 3.05) is 23.3 Å². The van der Waals surface area contributed by atoms with E-state index in [-0.39, 0.29) is 0 Å². The Kier molecular flexibility index (Phi) is 3.56. The zero-order chi connectivity index (χ0) is 16.2. The Bertz CT molecular complexity index is 584. The van der Waals surface area contributed by atoms with Crippen LogP contribution in [0.25, 0.3) is 0 Å². The third kappa shape index (κ3) is 2.51. The van der Waals surface area contributed by atoms with Crippen molar-refractivity contribution >= 4 is 11.5 Å². The second kappa shape index (κ2) is 5.37. The number of hydrogen-bond donors (Lipinski definition) is 2. The highest BCUT2D eigenvalue weighted by molar-refractivity contribution is 5.55. The van der Waals surface area contributed by atoms with Gasteiger partial charge in [0.25, 0.3) is 0 Å². The van der Waals surface area contributed by atoms with E-state index < -0.39 is 0 Å². The van der Waals surface area contributed by atoms with Gasteiger partial charge in [-0.1, -0.05) is 20.8 Å². The van der Waals surface area contributed by atoms with Crippen molar-refractivity contribution in [3.05, 3.63) is 18.3 Å². The van der Waals surface area contributed by atoms with Gasteiger partial charge in [0.15, 0.2) is 0 Å². The molecule has 0 spiro atoms. The normalized spacial score (nSPS) is 38.3. The molecule has 0 aromatic carbocycles. The van der Waals surface area contributed by atoms with Crippen molar-refractivity contribution in [2.24, 2.45) is 28.9 Å². The Hall–Kier alpha value is -1.29. The lowest BCUT2D eigenvalue weighted by Gasteiger charge is -2.62. The highest BCUT2D eigenvalue weighted by Crippen LogP contribution is 2.61. The van der Waals surface area contributed by atoms with E-state index in [0.717, 1.165) is 43.1 Å². The monoisotopic (exact) mass is 314 g/mol. The average molecular weight is 314 g/mol. The summed E-state index contributed by atoms with van der Waals surface area (Å²) in [5, 5.41) is 3.74. The van der Waals surface area contributed by atoms with Crippen LogP contribution in [0.1, 0.15) is 40.0 Å². The molecule has 2 heterocycles. The molecule has 3 N–H and O–H groups in total. The van der Waals surface area contributed by atoms with Crippen LogP contribution in [0.4, 0.5) is 11.5 Å². The molecular formula is C19H30N4. The van der Waals surface area contributed by atoms with E-state index in [9.17, 15) is 0 Å². The van der Waals surface area contributed by atoms with E-state index in [1.165, 1.54) is 18.5 Å². The number of fused-ring (bicyclic) bond motifs is 2. The molecule has 3 unspecified atom stereocenters. The molecule has 1 aliphatic heterocycles. The van der Waals surface area contributed by atoms with Gasteiger partial charge in [-0.2, -0.15) is 0 Å². The first-order valence-corrected chi connectivity index (χ1v) is 9.18. The first kappa shape index (κ1) is 15.3. The minimum absolute atomic E-state index is 0.312. The summed E-state index contributed by atoms with van der Waals surface area (Å²) < 4.78 is 0. The number of anilines is 2. The molecule has 3 aliphatic carbocycles. The van der Waals surface area contributed by atoms with Crippen LogP contribution in [0.15, 0.2) is 18.3 Å². The topological polar surface area (TPSA) is 54.2 Å². The van der Waals surface area contributed by atoms with Gasteiger partial charge in [-0.15, -0.1) is 0 Å². The van der Waals surface area contributed by atoms with Gasteiger partial charge in [0.05, 0.1) is 0 Å². The SMILES string of the molecule is CC1C(Nc2cc(N3CC[C@H](N)C3)ccn2)C[C@H]2CC1C2(C)C. The zero-order valence-corrected chi connectivity index (χ0v) is 14.6. The molecule has 4 heteroatoms. The van der Waals surface area contributed by atoms with Crippen LogP contribution in [0, 0.1) is 23.2 Å². The Morgan fingerprint density at radius 1 is 1.35 bits per heavy atom. The van der Waals surface area contributed by atoms with Crippen LogP contribution in [-0.2, 0) is 0 Å². The van der Waals surface area contributed by atoms with Gasteiger partial charge >= 0.3 is 0 Å². The molecule has 5 rings (SSSR count). The first-order chi connectivity index (χ1) is 10.9. The Morgan fingerprint density at radius 3 is 2.83 bits per heavy atom. The first-order valence-electron chi connectivity index (χ1n) is 9.18. The third-order valence-electron chi connectivity index (χ3n) is 7.02. The van der Waals surface area contributed by atoms with Crippen LogP contribution in [-0.4, -0.2) is 30.2 Å². The smallest absolute Gasteiger partial charge is 0.128 e. The molecule has 4 aliphatic rings. The van der Waals surface area contributed by atoms with Crippen molar-refractivity contribution in [1.82, 2.24) is 4.98 Å². The largest absolute Gasteiger partial charge is 0.370 e. The molecule has 1 saturated heterocycles. The minimum atomic E-state index is 0.312. The Labute approximate surface area is 139 Å². The lowest BCUT2D eigenvalue weighted by atomic mass is 9.45. The summed E-state index contributed by atoms with van der Waals surface area (Å²) in [4.78, 5) is 6.94. The summed E-state index contributed by atoms with van der Waals surface area (Å²) in [6, 6.07) is 5.19. The summed E-state index contributed by atoms with van der Waals surface area (Å²) >= 11 is 0. The summed E-state index contributed by atoms with van der Waals surface area (Å²) in [5.74, 6) is 3.49. The minimum Gasteiger partial charge on any atom is -0.370 e. The second-order valence-electron chi connectivity index (χ2n) is 8.60. The molecule has 0 radical (unpaired) electrons. The van der Waals surface area contributed by atoms with Crippen LogP contribution in [0.5, 0.6) is 0 Å². The molecule has 126 valence electrons. The summed E-state index contributed by atoms with van der Waals surface area (Å²) in [5.41, 5.74) is 7.84. The fraction of sp³-hybridized carbons (Fsp3) is 0.737. The van der Waals surface area contributed by atoms with Gasteiger partial charge in [-0.3, -0.25) is 0 Å². The van der Waals surface area contributed by atoms with E-state index in [1.807, 2.05) is 6.20 Å². The lowest BCUT2D eigenvalue weighted by Crippen LogP contribution is -2.58. The van der Waals surface area contributed by atoms with Gasteiger partial charge in [0, 0.05) is 43.1 Å². The van der Waals surface area contributed by atoms with Crippen LogP contribution < -0.4 is 16.0 Å². The zero-order valence-electron chi connectivity index (χ0n) is 14.6. The maximum atomic E-state index is 6.04. The molecule has 2 bridgehead atoms. The molecular weight excluding hydrogens is 284 g/mol. The average Bonchev–Trinajstić information content (AvgIpc) is 2.95. The van der Waals surface area contributed by atoms with Crippen LogP contribution in [0.2, 0.25) is 0 Å². The Balaban J connectivity index is 1.46. The van der Waals surface area contributed by atoms with Crippen molar-refractivity contribution in [3.63, 3.8) is 0 Å². The molecule has 0 amide bonds. The van der Waals surface area contributed by atoms with E-state index in [1.54, 1.807) is 0 Å². The van der Waals surface area contributed by atoms with Crippen molar-refractivity contribution in [1.29, 1.82) is 0 Å². The van der Waals surface area contributed by atoms with E-state index in [2.05, 4.69) is 48.1 Å². The lowest BCUT2D eigenvalue weighted by molar-refractivity contribution is -0.105. The molecule has 1 aromatic rings. The summed E-state index contributed by atoms with van der Waals surface area (Å²) in [7, 11) is 0. The number of nitrogens with zero attached hydrogens (tertiary/aromatic N) is 2.